The first-order chi connectivity index (χ1) is 12.1. The molecule has 1 atom stereocenters. The number of nitrogens with one attached hydrogen (secondary N) is 1. The number of benzene rings is 1. The summed E-state index contributed by atoms with van der Waals surface area (Å²) in [6.45, 7) is 2.11. The monoisotopic (exact) mass is 360 g/mol. The minimum Gasteiger partial charge on any atom is -0.467 e. The molecule has 6 nitrogen and oxygen atoms in total. The molecular formula is C17H17FN4O2S. The van der Waals surface area contributed by atoms with E-state index in [4.69, 9.17) is 4.42 Å². The Labute approximate surface area is 148 Å². The number of carbonyl (C=O) groups is 1. The number of furan rings is 1. The van der Waals surface area contributed by atoms with Gasteiger partial charge < -0.3 is 14.3 Å². The van der Waals surface area contributed by atoms with Crippen LogP contribution in [0.5, 0.6) is 0 Å². The molecule has 0 saturated carbocycles. The molecule has 0 aliphatic carbocycles. The number of rotatable bonds is 6. The molecule has 1 amide bonds. The van der Waals surface area contributed by atoms with Gasteiger partial charge in [-0.05, 0) is 31.2 Å². The third-order valence-corrected chi connectivity index (χ3v) is 4.75. The van der Waals surface area contributed by atoms with Crippen LogP contribution in [-0.4, -0.2) is 25.9 Å². The van der Waals surface area contributed by atoms with Gasteiger partial charge in [0, 0.05) is 7.05 Å². The van der Waals surface area contributed by atoms with Crippen molar-refractivity contribution in [3.05, 3.63) is 54.2 Å². The van der Waals surface area contributed by atoms with Crippen molar-refractivity contribution in [2.45, 2.75) is 23.9 Å². The van der Waals surface area contributed by atoms with E-state index in [0.717, 1.165) is 0 Å². The molecule has 3 aromatic rings. The van der Waals surface area contributed by atoms with Gasteiger partial charge in [-0.1, -0.05) is 23.9 Å². The maximum absolute atomic E-state index is 13.9. The molecule has 0 radical (unpaired) electrons. The molecule has 0 aliphatic heterocycles. The van der Waals surface area contributed by atoms with Crippen LogP contribution in [0.2, 0.25) is 0 Å². The normalized spacial score (nSPS) is 12.1. The summed E-state index contributed by atoms with van der Waals surface area (Å²) in [4.78, 5) is 12.2. The van der Waals surface area contributed by atoms with Crippen LogP contribution in [0, 0.1) is 5.82 Å². The summed E-state index contributed by atoms with van der Waals surface area (Å²) in [5.74, 6) is 0.602. The zero-order chi connectivity index (χ0) is 17.8. The van der Waals surface area contributed by atoms with Crippen LogP contribution in [0.25, 0.3) is 11.4 Å². The molecule has 0 saturated heterocycles. The Kier molecular flexibility index (Phi) is 5.18. The molecule has 0 fully saturated rings. The Hall–Kier alpha value is -2.61. The highest BCUT2D eigenvalue weighted by Gasteiger charge is 2.20. The van der Waals surface area contributed by atoms with Crippen LogP contribution in [-0.2, 0) is 18.4 Å². The fourth-order valence-electron chi connectivity index (χ4n) is 2.24. The second kappa shape index (κ2) is 7.52. The van der Waals surface area contributed by atoms with Crippen molar-refractivity contribution in [2.75, 3.05) is 0 Å². The van der Waals surface area contributed by atoms with E-state index >= 15 is 0 Å². The number of hydrogen-bond acceptors (Lipinski definition) is 5. The lowest BCUT2D eigenvalue weighted by atomic mass is 10.2. The third kappa shape index (κ3) is 3.90. The van der Waals surface area contributed by atoms with Gasteiger partial charge in [-0.3, -0.25) is 4.79 Å². The SMILES string of the molecule is CC(Sc1nnc(-c2ccccc2F)n1C)C(=O)NCc1ccco1. The average Bonchev–Trinajstić information content (AvgIpc) is 3.24. The van der Waals surface area contributed by atoms with Gasteiger partial charge in [-0.25, -0.2) is 4.39 Å². The standard InChI is InChI=1S/C17H17FN4O2S/c1-11(16(23)19-10-12-6-5-9-24-12)25-17-21-20-15(22(17)2)13-7-3-4-8-14(13)18/h3-9,11H,10H2,1-2H3,(H,19,23). The maximum atomic E-state index is 13.9. The number of carbonyl (C=O) groups excluding carboxylic acids is 1. The van der Waals surface area contributed by atoms with E-state index in [2.05, 4.69) is 15.5 Å². The molecule has 2 aromatic heterocycles. The minimum atomic E-state index is -0.383. The Morgan fingerprint density at radius 3 is 2.84 bits per heavy atom. The summed E-state index contributed by atoms with van der Waals surface area (Å²) in [7, 11) is 1.75. The number of aromatic nitrogens is 3. The Morgan fingerprint density at radius 1 is 1.32 bits per heavy atom. The van der Waals surface area contributed by atoms with E-state index in [0.29, 0.717) is 28.8 Å². The molecule has 130 valence electrons. The predicted octanol–water partition coefficient (Wildman–Crippen LogP) is 3.01. The largest absolute Gasteiger partial charge is 0.467 e. The van der Waals surface area contributed by atoms with E-state index in [-0.39, 0.29) is 17.0 Å². The summed E-state index contributed by atoms with van der Waals surface area (Å²) in [5, 5.41) is 11.1. The lowest BCUT2D eigenvalue weighted by Gasteiger charge is -2.11. The molecule has 1 aromatic carbocycles. The Morgan fingerprint density at radius 2 is 2.12 bits per heavy atom. The summed E-state index contributed by atoms with van der Waals surface area (Å²) < 4.78 is 20.8. The minimum absolute atomic E-state index is 0.142. The van der Waals surface area contributed by atoms with Crippen LogP contribution < -0.4 is 5.32 Å². The zero-order valence-corrected chi connectivity index (χ0v) is 14.6. The number of amides is 1. The van der Waals surface area contributed by atoms with Crippen molar-refractivity contribution in [1.82, 2.24) is 20.1 Å². The van der Waals surface area contributed by atoms with Gasteiger partial charge in [0.05, 0.1) is 23.6 Å². The van der Waals surface area contributed by atoms with Crippen LogP contribution >= 0.6 is 11.8 Å². The number of hydrogen-bond donors (Lipinski definition) is 1. The van der Waals surface area contributed by atoms with Crippen molar-refractivity contribution in [2.24, 2.45) is 7.05 Å². The Bertz CT molecular complexity index is 863. The zero-order valence-electron chi connectivity index (χ0n) is 13.8. The summed E-state index contributed by atoms with van der Waals surface area (Å²) in [6.07, 6.45) is 1.56. The topological polar surface area (TPSA) is 73.0 Å². The first-order valence-electron chi connectivity index (χ1n) is 7.67. The van der Waals surface area contributed by atoms with E-state index in [1.165, 1.54) is 17.8 Å². The van der Waals surface area contributed by atoms with E-state index in [9.17, 15) is 9.18 Å². The maximum Gasteiger partial charge on any atom is 0.233 e. The van der Waals surface area contributed by atoms with Crippen LogP contribution in [0.3, 0.4) is 0 Å². The lowest BCUT2D eigenvalue weighted by Crippen LogP contribution is -2.30. The van der Waals surface area contributed by atoms with E-state index in [1.54, 1.807) is 55.1 Å². The second-order valence-corrected chi connectivity index (χ2v) is 6.71. The summed E-state index contributed by atoms with van der Waals surface area (Å²) in [6, 6.07) is 9.95. The second-order valence-electron chi connectivity index (χ2n) is 5.40. The van der Waals surface area contributed by atoms with E-state index in [1.807, 2.05) is 0 Å². The highest BCUT2D eigenvalue weighted by atomic mass is 32.2. The molecule has 0 spiro atoms. The van der Waals surface area contributed by atoms with Crippen LogP contribution in [0.1, 0.15) is 12.7 Å². The fourth-order valence-corrected chi connectivity index (χ4v) is 3.08. The first kappa shape index (κ1) is 17.2. The fraction of sp³-hybridized carbons (Fsp3) is 0.235. The van der Waals surface area contributed by atoms with Gasteiger partial charge in [-0.2, -0.15) is 0 Å². The molecule has 3 rings (SSSR count). The van der Waals surface area contributed by atoms with Gasteiger partial charge in [0.1, 0.15) is 11.6 Å². The van der Waals surface area contributed by atoms with Crippen molar-refractivity contribution in [3.8, 4) is 11.4 Å². The molecule has 0 bridgehead atoms. The van der Waals surface area contributed by atoms with Gasteiger partial charge in [0.2, 0.25) is 5.91 Å². The molecule has 0 aliphatic rings. The lowest BCUT2D eigenvalue weighted by molar-refractivity contribution is -0.120. The first-order valence-corrected chi connectivity index (χ1v) is 8.55. The highest BCUT2D eigenvalue weighted by Crippen LogP contribution is 2.27. The molecule has 8 heteroatoms. The number of thioether (sulfide) groups is 1. The number of halogens is 1. The van der Waals surface area contributed by atoms with Crippen molar-refractivity contribution >= 4 is 17.7 Å². The molecule has 25 heavy (non-hydrogen) atoms. The van der Waals surface area contributed by atoms with Gasteiger partial charge in [0.15, 0.2) is 11.0 Å². The average molecular weight is 360 g/mol. The molecule has 1 N–H and O–H groups in total. The van der Waals surface area contributed by atoms with Gasteiger partial charge in [0.25, 0.3) is 0 Å². The van der Waals surface area contributed by atoms with E-state index < -0.39 is 0 Å². The summed E-state index contributed by atoms with van der Waals surface area (Å²) >= 11 is 1.26. The van der Waals surface area contributed by atoms with Crippen molar-refractivity contribution in [1.29, 1.82) is 0 Å². The van der Waals surface area contributed by atoms with Crippen LogP contribution in [0.15, 0.2) is 52.2 Å². The molecule has 2 heterocycles. The van der Waals surface area contributed by atoms with Gasteiger partial charge >= 0.3 is 0 Å². The van der Waals surface area contributed by atoms with Gasteiger partial charge in [-0.15, -0.1) is 10.2 Å². The Balaban J connectivity index is 1.67. The predicted molar refractivity (Wildman–Crippen MR) is 92.3 cm³/mol. The third-order valence-electron chi connectivity index (χ3n) is 3.62. The number of nitrogens with zero attached hydrogens (tertiary/aromatic N) is 3. The van der Waals surface area contributed by atoms with Crippen molar-refractivity contribution in [3.63, 3.8) is 0 Å². The van der Waals surface area contributed by atoms with Crippen LogP contribution in [0.4, 0.5) is 4.39 Å². The quantitative estimate of drug-likeness (QED) is 0.684. The smallest absolute Gasteiger partial charge is 0.233 e. The molecular weight excluding hydrogens is 343 g/mol. The summed E-state index contributed by atoms with van der Waals surface area (Å²) in [5.41, 5.74) is 0.374. The highest BCUT2D eigenvalue weighted by molar-refractivity contribution is 8.00. The molecule has 1 unspecified atom stereocenters. The van der Waals surface area contributed by atoms with Crippen molar-refractivity contribution < 1.29 is 13.6 Å².